The van der Waals surface area contributed by atoms with Crippen LogP contribution in [0.15, 0.2) is 30.3 Å². The van der Waals surface area contributed by atoms with Crippen molar-refractivity contribution in [2.45, 2.75) is 52.8 Å². The van der Waals surface area contributed by atoms with Crippen LogP contribution in [-0.4, -0.2) is 38.8 Å². The Morgan fingerprint density at radius 1 is 1.19 bits per heavy atom. The normalized spacial score (nSPS) is 14.0. The number of carboxylic acid groups (broad SMARTS) is 1. The molecule has 1 aromatic carbocycles. The average Bonchev–Trinajstić information content (AvgIpc) is 2.85. The molecule has 2 heterocycles. The van der Waals surface area contributed by atoms with Gasteiger partial charge in [0.2, 0.25) is 0 Å². The summed E-state index contributed by atoms with van der Waals surface area (Å²) in [6, 6.07) is 9.97. The molecule has 3 rings (SSSR count). The van der Waals surface area contributed by atoms with Gasteiger partial charge in [0.25, 0.3) is 0 Å². The Morgan fingerprint density at radius 2 is 1.85 bits per heavy atom. The van der Waals surface area contributed by atoms with Crippen molar-refractivity contribution < 1.29 is 19.4 Å². The standard InChI is InChI=1S/C21H26N2O4/c1-14-18(19(24)25)16-13-22(20(26)27-21(2,3)4)11-10-17(16)23(14)12-15-8-6-5-7-9-15/h5-9H,10-13H2,1-4H3,(H,24,25). The van der Waals surface area contributed by atoms with E-state index in [1.807, 2.05) is 58.0 Å². The van der Waals surface area contributed by atoms with Gasteiger partial charge in [-0.15, -0.1) is 0 Å². The first-order valence-electron chi connectivity index (χ1n) is 9.13. The number of hydrogen-bond acceptors (Lipinski definition) is 3. The molecule has 27 heavy (non-hydrogen) atoms. The van der Waals surface area contributed by atoms with E-state index in [2.05, 4.69) is 4.57 Å². The summed E-state index contributed by atoms with van der Waals surface area (Å²) in [4.78, 5) is 25.9. The van der Waals surface area contributed by atoms with Crippen molar-refractivity contribution in [3.05, 3.63) is 58.4 Å². The molecule has 144 valence electrons. The third-order valence-electron chi connectivity index (χ3n) is 4.76. The Morgan fingerprint density at radius 3 is 2.44 bits per heavy atom. The van der Waals surface area contributed by atoms with Gasteiger partial charge in [-0.2, -0.15) is 0 Å². The van der Waals surface area contributed by atoms with Crippen LogP contribution in [-0.2, 0) is 24.2 Å². The summed E-state index contributed by atoms with van der Waals surface area (Å²) in [5, 5.41) is 9.76. The van der Waals surface area contributed by atoms with E-state index in [0.29, 0.717) is 30.6 Å². The number of rotatable bonds is 3. The lowest BCUT2D eigenvalue weighted by Crippen LogP contribution is -2.40. The maximum atomic E-state index is 12.4. The van der Waals surface area contributed by atoms with E-state index in [0.717, 1.165) is 17.0 Å². The predicted molar refractivity (Wildman–Crippen MR) is 102 cm³/mol. The van der Waals surface area contributed by atoms with E-state index in [1.54, 1.807) is 4.90 Å². The fourth-order valence-electron chi connectivity index (χ4n) is 3.58. The topological polar surface area (TPSA) is 71.8 Å². The van der Waals surface area contributed by atoms with Crippen LogP contribution in [0.4, 0.5) is 4.79 Å². The van der Waals surface area contributed by atoms with Gasteiger partial charge in [-0.3, -0.25) is 0 Å². The van der Waals surface area contributed by atoms with Gasteiger partial charge < -0.3 is 19.3 Å². The van der Waals surface area contributed by atoms with Gasteiger partial charge in [0.05, 0.1) is 12.1 Å². The summed E-state index contributed by atoms with van der Waals surface area (Å²) >= 11 is 0. The van der Waals surface area contributed by atoms with E-state index < -0.39 is 17.7 Å². The minimum absolute atomic E-state index is 0.258. The van der Waals surface area contributed by atoms with E-state index in [9.17, 15) is 14.7 Å². The van der Waals surface area contributed by atoms with Gasteiger partial charge in [0.15, 0.2) is 0 Å². The van der Waals surface area contributed by atoms with Crippen molar-refractivity contribution in [2.75, 3.05) is 6.54 Å². The lowest BCUT2D eigenvalue weighted by molar-refractivity contribution is 0.0220. The predicted octanol–water partition coefficient (Wildman–Crippen LogP) is 3.84. The molecule has 0 unspecified atom stereocenters. The molecule has 6 heteroatoms. The second-order valence-corrected chi connectivity index (χ2v) is 7.91. The number of carboxylic acids is 1. The van der Waals surface area contributed by atoms with E-state index in [4.69, 9.17) is 4.74 Å². The van der Waals surface area contributed by atoms with Gasteiger partial charge in [-0.05, 0) is 33.3 Å². The molecule has 0 saturated carbocycles. The number of carbonyl (C=O) groups excluding carboxylic acids is 1. The fraction of sp³-hybridized carbons (Fsp3) is 0.429. The van der Waals surface area contributed by atoms with Crippen LogP contribution < -0.4 is 0 Å². The number of hydrogen-bond donors (Lipinski definition) is 1. The van der Waals surface area contributed by atoms with Crippen LogP contribution in [0.1, 0.15) is 53.6 Å². The number of benzene rings is 1. The molecule has 0 radical (unpaired) electrons. The second kappa shape index (κ2) is 7.10. The molecule has 1 N–H and O–H groups in total. The number of nitrogens with zero attached hydrogens (tertiary/aromatic N) is 2. The Balaban J connectivity index is 1.95. The van der Waals surface area contributed by atoms with Gasteiger partial charge in [-0.1, -0.05) is 30.3 Å². The Labute approximate surface area is 159 Å². The Kier molecular flexibility index (Phi) is 5.00. The molecule has 1 aliphatic rings. The van der Waals surface area contributed by atoms with Crippen LogP contribution in [0.2, 0.25) is 0 Å². The molecule has 1 aromatic heterocycles. The minimum atomic E-state index is -0.957. The van der Waals surface area contributed by atoms with Gasteiger partial charge in [0.1, 0.15) is 5.60 Å². The Bertz CT molecular complexity index is 863. The van der Waals surface area contributed by atoms with Crippen molar-refractivity contribution in [1.29, 1.82) is 0 Å². The summed E-state index contributed by atoms with van der Waals surface area (Å²) in [6.07, 6.45) is 0.202. The monoisotopic (exact) mass is 370 g/mol. The van der Waals surface area contributed by atoms with Crippen molar-refractivity contribution in [3.63, 3.8) is 0 Å². The highest BCUT2D eigenvalue weighted by atomic mass is 16.6. The lowest BCUT2D eigenvalue weighted by atomic mass is 10.0. The Hall–Kier alpha value is -2.76. The third kappa shape index (κ3) is 3.99. The van der Waals surface area contributed by atoms with Gasteiger partial charge >= 0.3 is 12.1 Å². The van der Waals surface area contributed by atoms with Crippen LogP contribution >= 0.6 is 0 Å². The van der Waals surface area contributed by atoms with Crippen LogP contribution in [0, 0.1) is 6.92 Å². The SMILES string of the molecule is Cc1c(C(=O)O)c2c(n1Cc1ccccc1)CCN(C(=O)OC(C)(C)C)C2. The maximum Gasteiger partial charge on any atom is 0.410 e. The van der Waals surface area contributed by atoms with Gasteiger partial charge in [0, 0.05) is 36.5 Å². The maximum absolute atomic E-state index is 12.4. The first-order chi connectivity index (χ1) is 12.7. The molecule has 1 amide bonds. The zero-order chi connectivity index (χ0) is 19.8. The van der Waals surface area contributed by atoms with Gasteiger partial charge in [-0.25, -0.2) is 9.59 Å². The highest BCUT2D eigenvalue weighted by Gasteiger charge is 2.32. The summed E-state index contributed by atoms with van der Waals surface area (Å²) in [5.74, 6) is -0.957. The van der Waals surface area contributed by atoms with E-state index in [1.165, 1.54) is 0 Å². The molecule has 0 atom stereocenters. The van der Waals surface area contributed by atoms with Crippen LogP contribution in [0.5, 0.6) is 0 Å². The number of carbonyl (C=O) groups is 2. The molecule has 6 nitrogen and oxygen atoms in total. The largest absolute Gasteiger partial charge is 0.478 e. The number of aromatic nitrogens is 1. The first kappa shape index (κ1) is 19.0. The highest BCUT2D eigenvalue weighted by Crippen LogP contribution is 2.30. The molecule has 0 spiro atoms. The molecule has 0 saturated heterocycles. The van der Waals surface area contributed by atoms with E-state index >= 15 is 0 Å². The quantitative estimate of drug-likeness (QED) is 0.891. The van der Waals surface area contributed by atoms with Crippen molar-refractivity contribution in [2.24, 2.45) is 0 Å². The minimum Gasteiger partial charge on any atom is -0.478 e. The number of fused-ring (bicyclic) bond motifs is 1. The molecule has 0 fully saturated rings. The molecular formula is C21H26N2O4. The highest BCUT2D eigenvalue weighted by molar-refractivity contribution is 5.91. The first-order valence-corrected chi connectivity index (χ1v) is 9.13. The molecule has 0 aliphatic carbocycles. The summed E-state index contributed by atoms with van der Waals surface area (Å²) in [7, 11) is 0. The van der Waals surface area contributed by atoms with Crippen LogP contribution in [0.3, 0.4) is 0 Å². The van der Waals surface area contributed by atoms with Crippen molar-refractivity contribution in [3.8, 4) is 0 Å². The summed E-state index contributed by atoms with van der Waals surface area (Å²) in [5.41, 5.74) is 3.27. The number of aromatic carboxylic acids is 1. The number of amides is 1. The lowest BCUT2D eigenvalue weighted by Gasteiger charge is -2.31. The third-order valence-corrected chi connectivity index (χ3v) is 4.76. The second-order valence-electron chi connectivity index (χ2n) is 7.91. The molecule has 0 bridgehead atoms. The van der Waals surface area contributed by atoms with Crippen molar-refractivity contribution >= 4 is 12.1 Å². The molecular weight excluding hydrogens is 344 g/mol. The summed E-state index contributed by atoms with van der Waals surface area (Å²) < 4.78 is 7.53. The average molecular weight is 370 g/mol. The van der Waals surface area contributed by atoms with Crippen molar-refractivity contribution in [1.82, 2.24) is 9.47 Å². The van der Waals surface area contributed by atoms with Crippen LogP contribution in [0.25, 0.3) is 0 Å². The smallest absolute Gasteiger partial charge is 0.410 e. The zero-order valence-electron chi connectivity index (χ0n) is 16.3. The molecule has 1 aliphatic heterocycles. The summed E-state index contributed by atoms with van der Waals surface area (Å²) in [6.45, 7) is 8.70. The molecule has 2 aromatic rings. The van der Waals surface area contributed by atoms with E-state index in [-0.39, 0.29) is 6.54 Å². The zero-order valence-corrected chi connectivity index (χ0v) is 16.3. The number of ether oxygens (including phenoxy) is 1. The fourth-order valence-corrected chi connectivity index (χ4v) is 3.58.